The Labute approximate surface area is 181 Å². The number of benzene rings is 2. The number of ether oxygens (including phenoxy) is 1. The zero-order chi connectivity index (χ0) is 20.3. The van der Waals surface area contributed by atoms with Gasteiger partial charge in [-0.05, 0) is 29.8 Å². The maximum atomic E-state index is 6.37. The van der Waals surface area contributed by atoms with Crippen LogP contribution in [0.2, 0.25) is 5.02 Å². The molecule has 2 aromatic carbocycles. The summed E-state index contributed by atoms with van der Waals surface area (Å²) in [5.74, 6) is 0. The number of rotatable bonds is 5. The third-order valence-corrected chi connectivity index (χ3v) is 6.00. The van der Waals surface area contributed by atoms with Crippen molar-refractivity contribution >= 4 is 22.5 Å². The molecule has 2 aromatic heterocycles. The zero-order valence-electron chi connectivity index (χ0n) is 16.8. The van der Waals surface area contributed by atoms with Gasteiger partial charge in [0.05, 0.1) is 13.2 Å². The van der Waals surface area contributed by atoms with Crippen LogP contribution >= 0.6 is 11.6 Å². The van der Waals surface area contributed by atoms with Crippen molar-refractivity contribution in [2.75, 3.05) is 32.8 Å². The SMILES string of the molecule is Clc1ccc2c(c1)c(-c1cncc(-c3ccccc3)c1)cn2CCN1CCOCC1. The molecule has 0 saturated carbocycles. The molecule has 0 spiro atoms. The second-order valence-corrected chi connectivity index (χ2v) is 8.12. The molecule has 1 fully saturated rings. The lowest BCUT2D eigenvalue weighted by Crippen LogP contribution is -2.38. The molecule has 3 heterocycles. The number of aromatic nitrogens is 2. The van der Waals surface area contributed by atoms with Crippen LogP contribution in [0.4, 0.5) is 0 Å². The van der Waals surface area contributed by atoms with Gasteiger partial charge < -0.3 is 9.30 Å². The second-order valence-electron chi connectivity index (χ2n) is 7.68. The summed E-state index contributed by atoms with van der Waals surface area (Å²) in [7, 11) is 0. The molecule has 0 atom stereocenters. The van der Waals surface area contributed by atoms with Gasteiger partial charge in [0.15, 0.2) is 0 Å². The van der Waals surface area contributed by atoms with Crippen LogP contribution in [0.3, 0.4) is 0 Å². The highest BCUT2D eigenvalue weighted by molar-refractivity contribution is 6.31. The molecule has 1 saturated heterocycles. The highest BCUT2D eigenvalue weighted by Crippen LogP contribution is 2.34. The maximum absolute atomic E-state index is 6.37. The summed E-state index contributed by atoms with van der Waals surface area (Å²) >= 11 is 6.37. The van der Waals surface area contributed by atoms with E-state index in [1.165, 1.54) is 16.6 Å². The predicted molar refractivity (Wildman–Crippen MR) is 123 cm³/mol. The average molecular weight is 418 g/mol. The standard InChI is InChI=1S/C25H24ClN3O/c26-22-6-7-25-23(15-22)24(18-29(25)9-8-28-10-12-30-13-11-28)21-14-20(16-27-17-21)19-4-2-1-3-5-19/h1-7,14-18H,8-13H2. The predicted octanol–water partition coefficient (Wildman–Crippen LogP) is 5.36. The van der Waals surface area contributed by atoms with E-state index in [4.69, 9.17) is 16.3 Å². The molecule has 1 aliphatic heterocycles. The first kappa shape index (κ1) is 19.3. The molecule has 0 N–H and O–H groups in total. The fraction of sp³-hybridized carbons (Fsp3) is 0.240. The molecule has 5 rings (SSSR count). The molecule has 152 valence electrons. The summed E-state index contributed by atoms with van der Waals surface area (Å²) in [6, 6.07) is 18.7. The number of hydrogen-bond donors (Lipinski definition) is 0. The average Bonchev–Trinajstić information content (AvgIpc) is 3.17. The lowest BCUT2D eigenvalue weighted by atomic mass is 10.0. The van der Waals surface area contributed by atoms with E-state index in [1.807, 2.05) is 24.5 Å². The van der Waals surface area contributed by atoms with Gasteiger partial charge in [0.2, 0.25) is 0 Å². The van der Waals surface area contributed by atoms with Gasteiger partial charge in [0, 0.05) is 77.4 Å². The molecular weight excluding hydrogens is 394 g/mol. The summed E-state index contributed by atoms with van der Waals surface area (Å²) < 4.78 is 7.81. The van der Waals surface area contributed by atoms with Crippen LogP contribution in [0.25, 0.3) is 33.2 Å². The fourth-order valence-electron chi connectivity index (χ4n) is 4.13. The molecule has 0 bridgehead atoms. The first-order valence-electron chi connectivity index (χ1n) is 10.4. The van der Waals surface area contributed by atoms with Crippen molar-refractivity contribution in [3.8, 4) is 22.3 Å². The van der Waals surface area contributed by atoms with Gasteiger partial charge in [-0.15, -0.1) is 0 Å². The van der Waals surface area contributed by atoms with E-state index in [-0.39, 0.29) is 0 Å². The summed E-state index contributed by atoms with van der Waals surface area (Å²) in [6.45, 7) is 5.60. The topological polar surface area (TPSA) is 30.3 Å². The maximum Gasteiger partial charge on any atom is 0.0594 e. The van der Waals surface area contributed by atoms with Crippen LogP contribution in [0.1, 0.15) is 0 Å². The van der Waals surface area contributed by atoms with Crippen molar-refractivity contribution in [3.05, 3.63) is 78.2 Å². The number of hydrogen-bond acceptors (Lipinski definition) is 3. The van der Waals surface area contributed by atoms with Crippen LogP contribution in [0.5, 0.6) is 0 Å². The van der Waals surface area contributed by atoms with Gasteiger partial charge in [-0.1, -0.05) is 41.9 Å². The summed E-state index contributed by atoms with van der Waals surface area (Å²) in [5, 5.41) is 1.92. The Balaban J connectivity index is 1.52. The lowest BCUT2D eigenvalue weighted by molar-refractivity contribution is 0.0365. The van der Waals surface area contributed by atoms with E-state index in [9.17, 15) is 0 Å². The molecule has 0 unspecified atom stereocenters. The number of pyridine rings is 1. The molecule has 0 aliphatic carbocycles. The smallest absolute Gasteiger partial charge is 0.0594 e. The third-order valence-electron chi connectivity index (χ3n) is 5.76. The number of halogens is 1. The monoisotopic (exact) mass is 417 g/mol. The normalized spacial score (nSPS) is 15.0. The Morgan fingerprint density at radius 2 is 1.67 bits per heavy atom. The Hall–Kier alpha value is -2.66. The molecule has 4 nitrogen and oxygen atoms in total. The zero-order valence-corrected chi connectivity index (χ0v) is 17.6. The lowest BCUT2D eigenvalue weighted by Gasteiger charge is -2.26. The van der Waals surface area contributed by atoms with Crippen molar-refractivity contribution in [3.63, 3.8) is 0 Å². The van der Waals surface area contributed by atoms with E-state index in [1.54, 1.807) is 0 Å². The van der Waals surface area contributed by atoms with Crippen LogP contribution in [-0.4, -0.2) is 47.3 Å². The van der Waals surface area contributed by atoms with Gasteiger partial charge in [0.25, 0.3) is 0 Å². The summed E-state index contributed by atoms with van der Waals surface area (Å²) in [4.78, 5) is 6.99. The number of morpholine rings is 1. The van der Waals surface area contributed by atoms with Crippen molar-refractivity contribution < 1.29 is 4.74 Å². The van der Waals surface area contributed by atoms with Gasteiger partial charge in [-0.2, -0.15) is 0 Å². The quantitative estimate of drug-likeness (QED) is 0.438. The van der Waals surface area contributed by atoms with E-state index in [2.05, 4.69) is 63.1 Å². The third kappa shape index (κ3) is 3.99. The van der Waals surface area contributed by atoms with Gasteiger partial charge in [-0.25, -0.2) is 0 Å². The molecule has 4 aromatic rings. The highest BCUT2D eigenvalue weighted by Gasteiger charge is 2.14. The van der Waals surface area contributed by atoms with E-state index in [0.717, 1.165) is 60.9 Å². The van der Waals surface area contributed by atoms with Crippen LogP contribution in [0.15, 0.2) is 73.2 Å². The summed E-state index contributed by atoms with van der Waals surface area (Å²) in [5.41, 5.74) is 5.76. The Kier molecular flexibility index (Phi) is 5.54. The van der Waals surface area contributed by atoms with E-state index < -0.39 is 0 Å². The molecule has 1 aliphatic rings. The van der Waals surface area contributed by atoms with Gasteiger partial charge in [-0.3, -0.25) is 9.88 Å². The highest BCUT2D eigenvalue weighted by atomic mass is 35.5. The molecular formula is C25H24ClN3O. The number of nitrogens with zero attached hydrogens (tertiary/aromatic N) is 3. The minimum absolute atomic E-state index is 0.752. The van der Waals surface area contributed by atoms with Gasteiger partial charge in [0.1, 0.15) is 0 Å². The largest absolute Gasteiger partial charge is 0.379 e. The molecule has 0 amide bonds. The Bertz CT molecular complexity index is 1150. The molecule has 5 heteroatoms. The Morgan fingerprint density at radius 3 is 2.50 bits per heavy atom. The van der Waals surface area contributed by atoms with Crippen LogP contribution < -0.4 is 0 Å². The summed E-state index contributed by atoms with van der Waals surface area (Å²) in [6.07, 6.45) is 6.10. The number of fused-ring (bicyclic) bond motifs is 1. The van der Waals surface area contributed by atoms with Crippen molar-refractivity contribution in [2.24, 2.45) is 0 Å². The van der Waals surface area contributed by atoms with Crippen molar-refractivity contribution in [2.45, 2.75) is 6.54 Å². The first-order chi connectivity index (χ1) is 14.8. The Morgan fingerprint density at radius 1 is 0.867 bits per heavy atom. The molecule has 30 heavy (non-hydrogen) atoms. The van der Waals surface area contributed by atoms with E-state index >= 15 is 0 Å². The fourth-order valence-corrected chi connectivity index (χ4v) is 4.31. The van der Waals surface area contributed by atoms with Crippen molar-refractivity contribution in [1.82, 2.24) is 14.5 Å². The van der Waals surface area contributed by atoms with E-state index in [0.29, 0.717) is 0 Å². The van der Waals surface area contributed by atoms with Gasteiger partial charge >= 0.3 is 0 Å². The molecule has 0 radical (unpaired) electrons. The first-order valence-corrected chi connectivity index (χ1v) is 10.7. The van der Waals surface area contributed by atoms with Crippen LogP contribution in [-0.2, 0) is 11.3 Å². The van der Waals surface area contributed by atoms with Crippen LogP contribution in [0, 0.1) is 0 Å². The minimum Gasteiger partial charge on any atom is -0.379 e. The van der Waals surface area contributed by atoms with Crippen molar-refractivity contribution in [1.29, 1.82) is 0 Å². The minimum atomic E-state index is 0.752. The second kappa shape index (κ2) is 8.60.